The number of thioether (sulfide) groups is 1. The standard InChI is InChI=1S/C13H18S/c1-4-8-12-9-6-7-10-13(12)14-11(3)5-2/h6-7,9-10H,3-5,8H2,1-2H3. The molecule has 0 aliphatic carbocycles. The number of benzene rings is 1. The Bertz CT molecular complexity index is 302. The van der Waals surface area contributed by atoms with Crippen LogP contribution in [0.25, 0.3) is 0 Å². The molecule has 0 saturated heterocycles. The highest BCUT2D eigenvalue weighted by molar-refractivity contribution is 8.03. The van der Waals surface area contributed by atoms with Gasteiger partial charge in [-0.1, -0.05) is 56.8 Å². The number of hydrogen-bond acceptors (Lipinski definition) is 1. The molecule has 0 aliphatic rings. The molecule has 0 fully saturated rings. The first kappa shape index (κ1) is 11.4. The molecule has 76 valence electrons. The largest absolute Gasteiger partial charge is 0.0949 e. The van der Waals surface area contributed by atoms with Crippen LogP contribution in [0, 0.1) is 0 Å². The van der Waals surface area contributed by atoms with Gasteiger partial charge in [0, 0.05) is 4.90 Å². The average molecular weight is 206 g/mol. The van der Waals surface area contributed by atoms with Crippen LogP contribution in [0.15, 0.2) is 40.6 Å². The van der Waals surface area contributed by atoms with Gasteiger partial charge in [0.15, 0.2) is 0 Å². The Morgan fingerprint density at radius 3 is 2.64 bits per heavy atom. The summed E-state index contributed by atoms with van der Waals surface area (Å²) in [6.07, 6.45) is 3.42. The summed E-state index contributed by atoms with van der Waals surface area (Å²) in [4.78, 5) is 2.62. The van der Waals surface area contributed by atoms with Gasteiger partial charge >= 0.3 is 0 Å². The van der Waals surface area contributed by atoms with Gasteiger partial charge in [-0.25, -0.2) is 0 Å². The first-order valence-corrected chi connectivity index (χ1v) is 6.03. The highest BCUT2D eigenvalue weighted by atomic mass is 32.2. The van der Waals surface area contributed by atoms with Crippen LogP contribution in [0.3, 0.4) is 0 Å². The summed E-state index contributed by atoms with van der Waals surface area (Å²) >= 11 is 1.82. The Kier molecular flexibility index (Phi) is 4.81. The summed E-state index contributed by atoms with van der Waals surface area (Å²) in [7, 11) is 0. The molecular formula is C13H18S. The fraction of sp³-hybridized carbons (Fsp3) is 0.385. The lowest BCUT2D eigenvalue weighted by molar-refractivity contribution is 0.901. The van der Waals surface area contributed by atoms with Crippen molar-refractivity contribution in [3.8, 4) is 0 Å². The Hall–Kier alpha value is -0.690. The number of allylic oxidation sites excluding steroid dienone is 1. The van der Waals surface area contributed by atoms with Crippen LogP contribution in [-0.4, -0.2) is 0 Å². The van der Waals surface area contributed by atoms with Crippen molar-refractivity contribution in [2.24, 2.45) is 0 Å². The van der Waals surface area contributed by atoms with Crippen LogP contribution in [-0.2, 0) is 6.42 Å². The Balaban J connectivity index is 2.78. The van der Waals surface area contributed by atoms with Gasteiger partial charge < -0.3 is 0 Å². The van der Waals surface area contributed by atoms with E-state index in [0.29, 0.717) is 0 Å². The highest BCUT2D eigenvalue weighted by Crippen LogP contribution is 2.30. The molecule has 1 rings (SSSR count). The molecule has 0 unspecified atom stereocenters. The van der Waals surface area contributed by atoms with Gasteiger partial charge in [-0.2, -0.15) is 0 Å². The molecule has 0 amide bonds. The molecule has 1 aromatic carbocycles. The number of hydrogen-bond donors (Lipinski definition) is 0. The van der Waals surface area contributed by atoms with E-state index in [1.54, 1.807) is 0 Å². The number of aryl methyl sites for hydroxylation is 1. The van der Waals surface area contributed by atoms with Crippen molar-refractivity contribution in [2.75, 3.05) is 0 Å². The van der Waals surface area contributed by atoms with E-state index in [0.717, 1.165) is 6.42 Å². The molecule has 0 N–H and O–H groups in total. The maximum atomic E-state index is 4.03. The lowest BCUT2D eigenvalue weighted by Crippen LogP contribution is -1.86. The Morgan fingerprint density at radius 2 is 2.00 bits per heavy atom. The van der Waals surface area contributed by atoms with Crippen molar-refractivity contribution in [3.63, 3.8) is 0 Å². The van der Waals surface area contributed by atoms with Crippen molar-refractivity contribution >= 4 is 11.8 Å². The quantitative estimate of drug-likeness (QED) is 0.632. The second-order valence-corrected chi connectivity index (χ2v) is 4.57. The van der Waals surface area contributed by atoms with E-state index in [2.05, 4.69) is 44.7 Å². The van der Waals surface area contributed by atoms with Gasteiger partial charge in [-0.3, -0.25) is 0 Å². The van der Waals surface area contributed by atoms with E-state index in [1.807, 2.05) is 11.8 Å². The molecule has 0 saturated carbocycles. The lowest BCUT2D eigenvalue weighted by atomic mass is 10.1. The van der Waals surface area contributed by atoms with Crippen molar-refractivity contribution in [1.82, 2.24) is 0 Å². The van der Waals surface area contributed by atoms with E-state index in [9.17, 15) is 0 Å². The molecular weight excluding hydrogens is 188 g/mol. The smallest absolute Gasteiger partial charge is 0.0150 e. The Morgan fingerprint density at radius 1 is 1.29 bits per heavy atom. The van der Waals surface area contributed by atoms with E-state index < -0.39 is 0 Å². The van der Waals surface area contributed by atoms with Crippen molar-refractivity contribution in [3.05, 3.63) is 41.3 Å². The van der Waals surface area contributed by atoms with Crippen molar-refractivity contribution in [1.29, 1.82) is 0 Å². The minimum atomic E-state index is 1.05. The maximum absolute atomic E-state index is 4.03. The second-order valence-electron chi connectivity index (χ2n) is 3.35. The molecule has 0 aromatic heterocycles. The fourth-order valence-corrected chi connectivity index (χ4v) is 2.21. The molecule has 0 aliphatic heterocycles. The summed E-state index contributed by atoms with van der Waals surface area (Å²) in [6.45, 7) is 8.40. The van der Waals surface area contributed by atoms with E-state index in [1.165, 1.54) is 28.2 Å². The van der Waals surface area contributed by atoms with E-state index >= 15 is 0 Å². The molecule has 14 heavy (non-hydrogen) atoms. The van der Waals surface area contributed by atoms with Crippen LogP contribution in [0.5, 0.6) is 0 Å². The molecule has 0 bridgehead atoms. The van der Waals surface area contributed by atoms with Crippen molar-refractivity contribution < 1.29 is 0 Å². The molecule has 1 heteroatoms. The third-order valence-electron chi connectivity index (χ3n) is 2.14. The Labute approximate surface area is 91.4 Å². The SMILES string of the molecule is C=C(CC)Sc1ccccc1CCC. The number of rotatable bonds is 5. The third kappa shape index (κ3) is 3.22. The summed E-state index contributed by atoms with van der Waals surface area (Å²) in [5, 5.41) is 0. The minimum absolute atomic E-state index is 1.05. The van der Waals surface area contributed by atoms with Gasteiger partial charge in [-0.05, 0) is 29.4 Å². The highest BCUT2D eigenvalue weighted by Gasteiger charge is 2.02. The zero-order valence-corrected chi connectivity index (χ0v) is 9.86. The van der Waals surface area contributed by atoms with Gasteiger partial charge in [0.2, 0.25) is 0 Å². The summed E-state index contributed by atoms with van der Waals surface area (Å²) < 4.78 is 0. The molecule has 0 spiro atoms. The normalized spacial score (nSPS) is 10.1. The second kappa shape index (κ2) is 5.92. The fourth-order valence-electron chi connectivity index (χ4n) is 1.31. The summed E-state index contributed by atoms with van der Waals surface area (Å²) in [6, 6.07) is 8.62. The molecule has 1 aromatic rings. The first-order valence-electron chi connectivity index (χ1n) is 5.21. The molecule has 0 radical (unpaired) electrons. The monoisotopic (exact) mass is 206 g/mol. The predicted octanol–water partition coefficient (Wildman–Crippen LogP) is 4.65. The van der Waals surface area contributed by atoms with Crippen LogP contribution in [0.4, 0.5) is 0 Å². The zero-order chi connectivity index (χ0) is 10.4. The van der Waals surface area contributed by atoms with E-state index in [4.69, 9.17) is 0 Å². The average Bonchev–Trinajstić information content (AvgIpc) is 2.21. The minimum Gasteiger partial charge on any atom is -0.0949 e. The summed E-state index contributed by atoms with van der Waals surface area (Å²) in [5.41, 5.74) is 1.45. The van der Waals surface area contributed by atoms with Gasteiger partial charge in [0.05, 0.1) is 0 Å². The zero-order valence-electron chi connectivity index (χ0n) is 9.05. The van der Waals surface area contributed by atoms with Gasteiger partial charge in [-0.15, -0.1) is 0 Å². The van der Waals surface area contributed by atoms with E-state index in [-0.39, 0.29) is 0 Å². The summed E-state index contributed by atoms with van der Waals surface area (Å²) in [5.74, 6) is 0. The van der Waals surface area contributed by atoms with Crippen LogP contribution < -0.4 is 0 Å². The van der Waals surface area contributed by atoms with Crippen molar-refractivity contribution in [2.45, 2.75) is 38.0 Å². The topological polar surface area (TPSA) is 0 Å². The van der Waals surface area contributed by atoms with Crippen LogP contribution in [0.1, 0.15) is 32.3 Å². The molecule has 0 heterocycles. The van der Waals surface area contributed by atoms with Crippen LogP contribution in [0.2, 0.25) is 0 Å². The third-order valence-corrected chi connectivity index (χ3v) is 3.34. The lowest BCUT2D eigenvalue weighted by Gasteiger charge is -2.08. The van der Waals surface area contributed by atoms with Gasteiger partial charge in [0.1, 0.15) is 0 Å². The predicted molar refractivity (Wildman–Crippen MR) is 65.7 cm³/mol. The van der Waals surface area contributed by atoms with Gasteiger partial charge in [0.25, 0.3) is 0 Å². The first-order chi connectivity index (χ1) is 6.77. The molecule has 0 atom stereocenters. The molecule has 0 nitrogen and oxygen atoms in total. The van der Waals surface area contributed by atoms with Crippen LogP contribution >= 0.6 is 11.8 Å². The maximum Gasteiger partial charge on any atom is 0.0150 e.